The molecule has 0 atom stereocenters. The third-order valence-electron chi connectivity index (χ3n) is 6.10. The second-order valence-electron chi connectivity index (χ2n) is 9.59. The van der Waals surface area contributed by atoms with Gasteiger partial charge in [0.05, 0.1) is 32.0 Å². The molecule has 232 valence electrons. The van der Waals surface area contributed by atoms with E-state index in [4.69, 9.17) is 35.5 Å². The van der Waals surface area contributed by atoms with Crippen LogP contribution in [0.25, 0.3) is 31.3 Å². The Bertz CT molecular complexity index is 984. The highest BCUT2D eigenvalue weighted by molar-refractivity contribution is 5.91. The summed E-state index contributed by atoms with van der Waals surface area (Å²) < 4.78 is 23.8. The number of rotatable bonds is 27. The van der Waals surface area contributed by atoms with Crippen LogP contribution in [0.15, 0.2) is 27.5 Å². The van der Waals surface area contributed by atoms with Crippen LogP contribution in [0.4, 0.5) is 0 Å². The van der Waals surface area contributed by atoms with Gasteiger partial charge in [-0.05, 0) is 73.7 Å². The second kappa shape index (κ2) is 26.0. The van der Waals surface area contributed by atoms with E-state index in [1.165, 1.54) is 0 Å². The number of benzene rings is 1. The van der Waals surface area contributed by atoms with Gasteiger partial charge in [0.25, 0.3) is 0 Å². The van der Waals surface area contributed by atoms with Gasteiger partial charge < -0.3 is 18.9 Å². The van der Waals surface area contributed by atoms with Crippen LogP contribution in [0.3, 0.4) is 0 Å². The fourth-order valence-corrected chi connectivity index (χ4v) is 3.92. The van der Waals surface area contributed by atoms with E-state index in [1.807, 2.05) is 6.92 Å². The molecular formula is C28H45N9O5. The van der Waals surface area contributed by atoms with Crippen LogP contribution in [0, 0.1) is 0 Å². The number of hydrogen-bond acceptors (Lipinski definition) is 8. The Kier molecular flexibility index (Phi) is 22.3. The SMILES string of the molecule is CCCOC(=O)c1cc(OCCCCCCN=[N+]=[N-])c(OCCCCCCN=[N+]=[N-])c(OCCCCCCN=[N+]=[N-])c1. The summed E-state index contributed by atoms with van der Waals surface area (Å²) in [5.41, 5.74) is 25.5. The zero-order valence-corrected chi connectivity index (χ0v) is 24.9. The molecule has 0 aliphatic rings. The van der Waals surface area contributed by atoms with Crippen molar-refractivity contribution in [3.8, 4) is 17.2 Å². The fourth-order valence-electron chi connectivity index (χ4n) is 3.92. The summed E-state index contributed by atoms with van der Waals surface area (Å²) in [5.74, 6) is 0.877. The van der Waals surface area contributed by atoms with Gasteiger partial charge in [-0.3, -0.25) is 0 Å². The molecule has 0 aromatic heterocycles. The van der Waals surface area contributed by atoms with Crippen molar-refractivity contribution in [3.63, 3.8) is 0 Å². The van der Waals surface area contributed by atoms with Gasteiger partial charge in [0, 0.05) is 34.4 Å². The van der Waals surface area contributed by atoms with Crippen molar-refractivity contribution < 1.29 is 23.7 Å². The molecule has 0 fully saturated rings. The lowest BCUT2D eigenvalue weighted by atomic mass is 10.1. The van der Waals surface area contributed by atoms with E-state index >= 15 is 0 Å². The van der Waals surface area contributed by atoms with Crippen molar-refractivity contribution in [2.45, 2.75) is 90.4 Å². The zero-order valence-electron chi connectivity index (χ0n) is 24.9. The molecule has 1 rings (SSSR count). The van der Waals surface area contributed by atoms with E-state index in [0.717, 1.165) is 77.0 Å². The molecule has 0 bridgehead atoms. The first-order valence-corrected chi connectivity index (χ1v) is 14.9. The number of carbonyl (C=O) groups excluding carboxylic acids is 1. The number of hydrogen-bond donors (Lipinski definition) is 0. The zero-order chi connectivity index (χ0) is 30.5. The number of nitrogens with zero attached hydrogens (tertiary/aromatic N) is 9. The lowest BCUT2D eigenvalue weighted by molar-refractivity contribution is 0.0504. The molecule has 0 heterocycles. The molecule has 0 spiro atoms. The second-order valence-corrected chi connectivity index (χ2v) is 9.59. The van der Waals surface area contributed by atoms with E-state index in [9.17, 15) is 4.79 Å². The van der Waals surface area contributed by atoms with E-state index in [1.54, 1.807) is 12.1 Å². The van der Waals surface area contributed by atoms with Crippen molar-refractivity contribution in [2.24, 2.45) is 15.3 Å². The maximum Gasteiger partial charge on any atom is 0.338 e. The summed E-state index contributed by atoms with van der Waals surface area (Å²) in [4.78, 5) is 21.1. The topological polar surface area (TPSA) is 200 Å². The Labute approximate surface area is 247 Å². The van der Waals surface area contributed by atoms with Gasteiger partial charge in [-0.15, -0.1) is 0 Å². The maximum absolute atomic E-state index is 12.8. The van der Waals surface area contributed by atoms with E-state index in [2.05, 4.69) is 30.1 Å². The molecule has 0 amide bonds. The fraction of sp³-hybridized carbons (Fsp3) is 0.750. The molecular weight excluding hydrogens is 542 g/mol. The quantitative estimate of drug-likeness (QED) is 0.0324. The van der Waals surface area contributed by atoms with Gasteiger partial charge in [0.2, 0.25) is 5.75 Å². The molecule has 0 unspecified atom stereocenters. The number of unbranched alkanes of at least 4 members (excludes halogenated alkanes) is 9. The molecule has 0 saturated carbocycles. The standard InChI is InChI=1S/C28H45N9O5/c1-2-18-42-28(38)24-22-25(39-19-12-6-3-9-15-32-35-29)27(41-21-14-8-5-11-17-34-37-31)26(23-24)40-20-13-7-4-10-16-33-36-30/h22-23H,2-21H2,1H3. The van der Waals surface area contributed by atoms with E-state index in [0.29, 0.717) is 75.3 Å². The molecule has 14 nitrogen and oxygen atoms in total. The number of esters is 1. The number of azide groups is 3. The summed E-state index contributed by atoms with van der Waals surface area (Å²) in [6.45, 7) is 4.99. The first-order chi connectivity index (χ1) is 20.7. The molecule has 42 heavy (non-hydrogen) atoms. The summed E-state index contributed by atoms with van der Waals surface area (Å²) in [6, 6.07) is 3.30. The number of carbonyl (C=O) groups is 1. The average Bonchev–Trinajstić information content (AvgIpc) is 3.00. The van der Waals surface area contributed by atoms with Gasteiger partial charge in [0.15, 0.2) is 11.5 Å². The van der Waals surface area contributed by atoms with Crippen LogP contribution in [0.2, 0.25) is 0 Å². The van der Waals surface area contributed by atoms with Crippen LogP contribution in [0.1, 0.15) is 101 Å². The minimum atomic E-state index is -0.450. The Balaban J connectivity index is 2.94. The molecule has 1 aromatic rings. The Morgan fingerprint density at radius 2 is 1.02 bits per heavy atom. The Morgan fingerprint density at radius 1 is 0.619 bits per heavy atom. The third kappa shape index (κ3) is 17.7. The summed E-state index contributed by atoms with van der Waals surface area (Å²) in [5, 5.41) is 10.7. The van der Waals surface area contributed by atoms with Crippen molar-refractivity contribution in [3.05, 3.63) is 49.0 Å². The Morgan fingerprint density at radius 3 is 1.43 bits per heavy atom. The first-order valence-electron chi connectivity index (χ1n) is 14.9. The summed E-state index contributed by atoms with van der Waals surface area (Å²) in [7, 11) is 0. The van der Waals surface area contributed by atoms with Crippen LogP contribution >= 0.6 is 0 Å². The molecule has 0 aliphatic heterocycles. The minimum absolute atomic E-state index is 0.314. The Hall–Kier alpha value is -3.98. The maximum atomic E-state index is 12.8. The van der Waals surface area contributed by atoms with Crippen molar-refractivity contribution >= 4 is 5.97 Å². The predicted octanol–water partition coefficient (Wildman–Crippen LogP) is 9.00. The lowest BCUT2D eigenvalue weighted by Gasteiger charge is -2.19. The van der Waals surface area contributed by atoms with Crippen LogP contribution in [-0.4, -0.2) is 52.0 Å². The van der Waals surface area contributed by atoms with Gasteiger partial charge >= 0.3 is 5.97 Å². The predicted molar refractivity (Wildman–Crippen MR) is 161 cm³/mol. The first kappa shape index (κ1) is 36.0. The monoisotopic (exact) mass is 587 g/mol. The number of ether oxygens (including phenoxy) is 4. The molecule has 0 saturated heterocycles. The largest absolute Gasteiger partial charge is 0.490 e. The summed E-state index contributed by atoms with van der Waals surface area (Å²) in [6.07, 6.45) is 11.1. The molecule has 14 heteroatoms. The smallest absolute Gasteiger partial charge is 0.338 e. The van der Waals surface area contributed by atoms with E-state index < -0.39 is 5.97 Å². The van der Waals surface area contributed by atoms with Crippen LogP contribution in [-0.2, 0) is 4.74 Å². The van der Waals surface area contributed by atoms with Gasteiger partial charge in [-0.25, -0.2) is 4.79 Å². The van der Waals surface area contributed by atoms with Crippen LogP contribution < -0.4 is 14.2 Å². The highest BCUT2D eigenvalue weighted by atomic mass is 16.5. The van der Waals surface area contributed by atoms with Gasteiger partial charge in [-0.2, -0.15) is 0 Å². The van der Waals surface area contributed by atoms with Crippen LogP contribution in [0.5, 0.6) is 17.2 Å². The molecule has 0 aliphatic carbocycles. The lowest BCUT2D eigenvalue weighted by Crippen LogP contribution is -2.10. The highest BCUT2D eigenvalue weighted by Gasteiger charge is 2.20. The molecule has 0 radical (unpaired) electrons. The summed E-state index contributed by atoms with van der Waals surface area (Å²) >= 11 is 0. The van der Waals surface area contributed by atoms with E-state index in [-0.39, 0.29) is 0 Å². The van der Waals surface area contributed by atoms with Gasteiger partial charge in [-0.1, -0.05) is 60.8 Å². The minimum Gasteiger partial charge on any atom is -0.490 e. The third-order valence-corrected chi connectivity index (χ3v) is 6.10. The van der Waals surface area contributed by atoms with Crippen molar-refractivity contribution in [1.82, 2.24) is 0 Å². The molecule has 1 aromatic carbocycles. The van der Waals surface area contributed by atoms with Crippen molar-refractivity contribution in [2.75, 3.05) is 46.1 Å². The van der Waals surface area contributed by atoms with Gasteiger partial charge in [0.1, 0.15) is 0 Å². The highest BCUT2D eigenvalue weighted by Crippen LogP contribution is 2.40. The molecule has 0 N–H and O–H groups in total. The van der Waals surface area contributed by atoms with Crippen molar-refractivity contribution in [1.29, 1.82) is 0 Å². The average molecular weight is 588 g/mol. The normalized spacial score (nSPS) is 10.1.